The van der Waals surface area contributed by atoms with Gasteiger partial charge in [0, 0.05) is 25.4 Å². The number of thioether (sulfide) groups is 1. The number of methoxy groups -OCH3 is 1. The number of halogens is 1. The molecule has 2 heterocycles. The fourth-order valence-electron chi connectivity index (χ4n) is 4.30. The Hall–Kier alpha value is -2.58. The lowest BCUT2D eigenvalue weighted by Gasteiger charge is -2.39. The van der Waals surface area contributed by atoms with E-state index in [2.05, 4.69) is 10.6 Å². The minimum absolute atomic E-state index is 0.00543. The monoisotopic (exact) mass is 457 g/mol. The van der Waals surface area contributed by atoms with Crippen LogP contribution in [0.5, 0.6) is 5.75 Å². The van der Waals surface area contributed by atoms with Gasteiger partial charge >= 0.3 is 0 Å². The van der Waals surface area contributed by atoms with Crippen LogP contribution in [0.1, 0.15) is 28.8 Å². The lowest BCUT2D eigenvalue weighted by Crippen LogP contribution is -2.54. The van der Waals surface area contributed by atoms with Gasteiger partial charge in [-0.1, -0.05) is 30.3 Å². The van der Waals surface area contributed by atoms with Gasteiger partial charge in [0.05, 0.1) is 23.6 Å². The van der Waals surface area contributed by atoms with E-state index in [1.165, 1.54) is 12.1 Å². The molecule has 32 heavy (non-hydrogen) atoms. The van der Waals surface area contributed by atoms with Crippen LogP contribution in [0.25, 0.3) is 0 Å². The predicted molar refractivity (Wildman–Crippen MR) is 123 cm³/mol. The fraction of sp³-hybridized carbons (Fsp3) is 0.417. The molecule has 1 spiro atoms. The molecule has 2 fully saturated rings. The molecule has 6 nitrogen and oxygen atoms in total. The molecule has 2 N–H and O–H groups in total. The number of nitrogens with zero attached hydrogens (tertiary/aromatic N) is 1. The first-order chi connectivity index (χ1) is 15.5. The summed E-state index contributed by atoms with van der Waals surface area (Å²) >= 11 is 1.75. The van der Waals surface area contributed by atoms with Crippen LogP contribution in [0.15, 0.2) is 48.5 Å². The van der Waals surface area contributed by atoms with Gasteiger partial charge in [-0.2, -0.15) is 0 Å². The molecule has 170 valence electrons. The standard InChI is InChI=1S/C24H28FN3O3S/c1-31-21-9-5-2-6-17(21)10-13-26-22(29)20-16-32-24(27-20)11-14-28(15-12-24)23(30)18-7-3-4-8-19(18)25/h2-9,20,27H,10-16H2,1H3,(H,26,29). The van der Waals surface area contributed by atoms with Crippen molar-refractivity contribution in [3.63, 3.8) is 0 Å². The normalized spacial score (nSPS) is 19.7. The maximum Gasteiger partial charge on any atom is 0.256 e. The first kappa shape index (κ1) is 22.6. The molecule has 0 saturated carbocycles. The van der Waals surface area contributed by atoms with E-state index in [0.717, 1.165) is 24.2 Å². The summed E-state index contributed by atoms with van der Waals surface area (Å²) in [4.78, 5) is 26.8. The summed E-state index contributed by atoms with van der Waals surface area (Å²) in [7, 11) is 1.64. The molecular formula is C24H28FN3O3S. The fourth-order valence-corrected chi connectivity index (χ4v) is 5.72. The summed E-state index contributed by atoms with van der Waals surface area (Å²) in [5, 5.41) is 6.53. The summed E-state index contributed by atoms with van der Waals surface area (Å²) in [6.07, 6.45) is 2.15. The molecule has 2 aliphatic rings. The molecule has 0 aromatic heterocycles. The summed E-state index contributed by atoms with van der Waals surface area (Å²) < 4.78 is 19.3. The molecule has 4 rings (SSSR count). The van der Waals surface area contributed by atoms with Gasteiger partial charge in [0.1, 0.15) is 11.6 Å². The van der Waals surface area contributed by atoms with E-state index >= 15 is 0 Å². The molecule has 2 aliphatic heterocycles. The zero-order valence-corrected chi connectivity index (χ0v) is 18.9. The number of nitrogens with one attached hydrogen (secondary N) is 2. The van der Waals surface area contributed by atoms with Gasteiger partial charge in [0.15, 0.2) is 0 Å². The highest BCUT2D eigenvalue weighted by Gasteiger charge is 2.44. The molecular weight excluding hydrogens is 429 g/mol. The van der Waals surface area contributed by atoms with Crippen LogP contribution in [0.3, 0.4) is 0 Å². The van der Waals surface area contributed by atoms with Crippen molar-refractivity contribution in [3.05, 3.63) is 65.5 Å². The molecule has 8 heteroatoms. The number of likely N-dealkylation sites (tertiary alicyclic amines) is 1. The number of para-hydroxylation sites is 1. The quantitative estimate of drug-likeness (QED) is 0.698. The van der Waals surface area contributed by atoms with Crippen molar-refractivity contribution in [3.8, 4) is 5.75 Å². The van der Waals surface area contributed by atoms with Gasteiger partial charge in [-0.15, -0.1) is 11.8 Å². The Bertz CT molecular complexity index is 978. The van der Waals surface area contributed by atoms with E-state index < -0.39 is 5.82 Å². The van der Waals surface area contributed by atoms with Crippen LogP contribution >= 0.6 is 11.8 Å². The van der Waals surface area contributed by atoms with Gasteiger partial charge in [0.25, 0.3) is 5.91 Å². The summed E-state index contributed by atoms with van der Waals surface area (Å²) in [5.74, 6) is 0.755. The van der Waals surface area contributed by atoms with Crippen LogP contribution < -0.4 is 15.4 Å². The zero-order valence-electron chi connectivity index (χ0n) is 18.1. The zero-order chi connectivity index (χ0) is 22.6. The van der Waals surface area contributed by atoms with Crippen molar-refractivity contribution in [1.82, 2.24) is 15.5 Å². The number of hydrogen-bond acceptors (Lipinski definition) is 5. The highest BCUT2D eigenvalue weighted by Crippen LogP contribution is 2.39. The first-order valence-corrected chi connectivity index (χ1v) is 11.8. The van der Waals surface area contributed by atoms with E-state index in [1.54, 1.807) is 35.9 Å². The van der Waals surface area contributed by atoms with Crippen LogP contribution in [-0.2, 0) is 11.2 Å². The number of benzene rings is 2. The van der Waals surface area contributed by atoms with Crippen molar-refractivity contribution in [2.45, 2.75) is 30.2 Å². The maximum atomic E-state index is 14.0. The van der Waals surface area contributed by atoms with Crippen molar-refractivity contribution in [2.24, 2.45) is 0 Å². The molecule has 0 radical (unpaired) electrons. The van der Waals surface area contributed by atoms with Crippen LogP contribution in [0, 0.1) is 5.82 Å². The van der Waals surface area contributed by atoms with E-state index in [0.29, 0.717) is 31.8 Å². The van der Waals surface area contributed by atoms with E-state index in [1.807, 2.05) is 24.3 Å². The average molecular weight is 458 g/mol. The molecule has 2 aromatic carbocycles. The molecule has 2 saturated heterocycles. The SMILES string of the molecule is COc1ccccc1CCNC(=O)C1CSC2(CCN(C(=O)c3ccccc3F)CC2)N1. The van der Waals surface area contributed by atoms with E-state index in [9.17, 15) is 14.0 Å². The topological polar surface area (TPSA) is 70.7 Å². The Kier molecular flexibility index (Phi) is 7.01. The third kappa shape index (κ3) is 4.91. The second kappa shape index (κ2) is 9.92. The van der Waals surface area contributed by atoms with Gasteiger partial charge in [-0.05, 0) is 43.0 Å². The number of carbonyl (C=O) groups excluding carboxylic acids is 2. The molecule has 0 aliphatic carbocycles. The number of rotatable bonds is 6. The Labute approximate surface area is 191 Å². The lowest BCUT2D eigenvalue weighted by molar-refractivity contribution is -0.122. The van der Waals surface area contributed by atoms with Crippen molar-refractivity contribution >= 4 is 23.6 Å². The van der Waals surface area contributed by atoms with Crippen LogP contribution in [-0.4, -0.2) is 60.1 Å². The number of amides is 2. The van der Waals surface area contributed by atoms with Gasteiger partial charge in [0.2, 0.25) is 5.91 Å². The summed E-state index contributed by atoms with van der Waals surface area (Å²) in [6.45, 7) is 1.62. The molecule has 1 atom stereocenters. The minimum Gasteiger partial charge on any atom is -0.496 e. The van der Waals surface area contributed by atoms with Crippen molar-refractivity contribution < 1.29 is 18.7 Å². The lowest BCUT2D eigenvalue weighted by atomic mass is 10.0. The third-order valence-electron chi connectivity index (χ3n) is 6.13. The highest BCUT2D eigenvalue weighted by molar-refractivity contribution is 8.01. The number of hydrogen-bond donors (Lipinski definition) is 2. The number of ether oxygens (including phenoxy) is 1. The summed E-state index contributed by atoms with van der Waals surface area (Å²) in [6, 6.07) is 13.6. The Morgan fingerprint density at radius 1 is 1.19 bits per heavy atom. The van der Waals surface area contributed by atoms with Crippen molar-refractivity contribution in [2.75, 3.05) is 32.5 Å². The Morgan fingerprint density at radius 3 is 2.66 bits per heavy atom. The molecule has 1 unspecified atom stereocenters. The largest absolute Gasteiger partial charge is 0.496 e. The van der Waals surface area contributed by atoms with Gasteiger partial charge < -0.3 is 15.0 Å². The van der Waals surface area contributed by atoms with Gasteiger partial charge in [-0.3, -0.25) is 14.9 Å². The molecule has 2 aromatic rings. The second-order valence-electron chi connectivity index (χ2n) is 8.13. The molecule has 0 bridgehead atoms. The second-order valence-corrected chi connectivity index (χ2v) is 9.53. The number of carbonyl (C=O) groups is 2. The maximum absolute atomic E-state index is 14.0. The Morgan fingerprint density at radius 2 is 1.91 bits per heavy atom. The van der Waals surface area contributed by atoms with Gasteiger partial charge in [-0.25, -0.2) is 4.39 Å². The Balaban J connectivity index is 1.26. The van der Waals surface area contributed by atoms with Crippen LogP contribution in [0.4, 0.5) is 4.39 Å². The van der Waals surface area contributed by atoms with E-state index in [-0.39, 0.29) is 28.3 Å². The smallest absolute Gasteiger partial charge is 0.256 e. The third-order valence-corrected chi connectivity index (χ3v) is 7.71. The summed E-state index contributed by atoms with van der Waals surface area (Å²) in [5.41, 5.74) is 1.18. The van der Waals surface area contributed by atoms with E-state index in [4.69, 9.17) is 4.74 Å². The van der Waals surface area contributed by atoms with Crippen LogP contribution in [0.2, 0.25) is 0 Å². The first-order valence-electron chi connectivity index (χ1n) is 10.9. The average Bonchev–Trinajstić information content (AvgIpc) is 3.23. The van der Waals surface area contributed by atoms with Crippen molar-refractivity contribution in [1.29, 1.82) is 0 Å². The highest BCUT2D eigenvalue weighted by atomic mass is 32.2. The minimum atomic E-state index is -0.490. The predicted octanol–water partition coefficient (Wildman–Crippen LogP) is 2.83. The number of piperidine rings is 1. The molecule has 2 amide bonds.